The van der Waals surface area contributed by atoms with Gasteiger partial charge in [-0.1, -0.05) is 39.0 Å². The van der Waals surface area contributed by atoms with Crippen LogP contribution in [0.2, 0.25) is 0 Å². The van der Waals surface area contributed by atoms with E-state index in [1.165, 1.54) is 10.5 Å². The summed E-state index contributed by atoms with van der Waals surface area (Å²) in [6, 6.07) is 12.6. The van der Waals surface area contributed by atoms with Crippen molar-refractivity contribution in [2.45, 2.75) is 39.7 Å². The van der Waals surface area contributed by atoms with Crippen molar-refractivity contribution in [2.24, 2.45) is 0 Å². The van der Waals surface area contributed by atoms with Gasteiger partial charge in [-0.05, 0) is 41.7 Å². The molecule has 0 saturated heterocycles. The van der Waals surface area contributed by atoms with Crippen molar-refractivity contribution in [1.82, 2.24) is 9.38 Å². The number of ether oxygens (including phenoxy) is 2. The van der Waals surface area contributed by atoms with E-state index in [9.17, 15) is 9.59 Å². The van der Waals surface area contributed by atoms with Gasteiger partial charge >= 0.3 is 5.97 Å². The van der Waals surface area contributed by atoms with E-state index in [-0.39, 0.29) is 24.2 Å². The Balaban J connectivity index is 1.60. The Hall–Kier alpha value is -3.15. The van der Waals surface area contributed by atoms with Crippen molar-refractivity contribution < 1.29 is 14.3 Å². The number of pyridine rings is 1. The number of aromatic nitrogens is 2. The summed E-state index contributed by atoms with van der Waals surface area (Å²) in [5.74, 6) is 0.0916. The Morgan fingerprint density at radius 1 is 1.14 bits per heavy atom. The molecule has 0 aliphatic heterocycles. The number of carbonyl (C=O) groups is 1. The van der Waals surface area contributed by atoms with Gasteiger partial charge in [0.25, 0.3) is 5.56 Å². The van der Waals surface area contributed by atoms with Crippen molar-refractivity contribution in [2.75, 3.05) is 6.61 Å². The summed E-state index contributed by atoms with van der Waals surface area (Å²) < 4.78 is 12.2. The normalized spacial score (nSPS) is 11.4. The van der Waals surface area contributed by atoms with Crippen molar-refractivity contribution in [3.63, 3.8) is 0 Å². The summed E-state index contributed by atoms with van der Waals surface area (Å²) in [6.07, 6.45) is 1.72. The predicted octanol–water partition coefficient (Wildman–Crippen LogP) is 3.42. The van der Waals surface area contributed by atoms with Gasteiger partial charge in [0, 0.05) is 12.3 Å². The van der Waals surface area contributed by atoms with Crippen LogP contribution in [-0.2, 0) is 21.6 Å². The van der Waals surface area contributed by atoms with E-state index in [1.807, 2.05) is 31.2 Å². The van der Waals surface area contributed by atoms with E-state index < -0.39 is 5.97 Å². The first-order chi connectivity index (χ1) is 13.2. The van der Waals surface area contributed by atoms with E-state index in [4.69, 9.17) is 9.47 Å². The van der Waals surface area contributed by atoms with Gasteiger partial charge < -0.3 is 9.47 Å². The summed E-state index contributed by atoms with van der Waals surface area (Å²) in [7, 11) is 0. The first kappa shape index (κ1) is 19.6. The van der Waals surface area contributed by atoms with Crippen LogP contribution in [0.25, 0.3) is 5.65 Å². The predicted molar refractivity (Wildman–Crippen MR) is 107 cm³/mol. The average Bonchev–Trinajstić information content (AvgIpc) is 2.65. The summed E-state index contributed by atoms with van der Waals surface area (Å²) >= 11 is 0. The lowest BCUT2D eigenvalue weighted by Gasteiger charge is -2.19. The third kappa shape index (κ3) is 4.76. The molecule has 0 N–H and O–H groups in total. The molecule has 0 spiro atoms. The number of esters is 1. The molecule has 0 atom stereocenters. The van der Waals surface area contributed by atoms with Crippen molar-refractivity contribution >= 4 is 11.6 Å². The van der Waals surface area contributed by atoms with E-state index >= 15 is 0 Å². The van der Waals surface area contributed by atoms with Gasteiger partial charge in [-0.3, -0.25) is 9.20 Å². The molecule has 6 heteroatoms. The average molecular weight is 380 g/mol. The Labute approximate surface area is 163 Å². The van der Waals surface area contributed by atoms with Gasteiger partial charge in [0.05, 0.1) is 5.69 Å². The highest BCUT2D eigenvalue weighted by molar-refractivity contribution is 5.71. The molecule has 1 aromatic carbocycles. The van der Waals surface area contributed by atoms with Crippen molar-refractivity contribution in [3.05, 3.63) is 75.8 Å². The molecule has 0 aliphatic carbocycles. The molecule has 0 fully saturated rings. The molecular weight excluding hydrogens is 356 g/mol. The van der Waals surface area contributed by atoms with Gasteiger partial charge in [-0.2, -0.15) is 0 Å². The summed E-state index contributed by atoms with van der Waals surface area (Å²) in [6.45, 7) is 7.95. The second-order valence-corrected chi connectivity index (χ2v) is 7.75. The quantitative estimate of drug-likeness (QED) is 0.635. The molecule has 0 unspecified atom stereocenters. The molecule has 0 bridgehead atoms. The largest absolute Gasteiger partial charge is 0.482 e. The van der Waals surface area contributed by atoms with Gasteiger partial charge in [-0.25, -0.2) is 9.78 Å². The maximum atomic E-state index is 12.2. The van der Waals surface area contributed by atoms with Crippen LogP contribution in [-0.4, -0.2) is 22.0 Å². The number of benzene rings is 1. The molecule has 3 aromatic rings. The maximum Gasteiger partial charge on any atom is 0.344 e. The van der Waals surface area contributed by atoms with Gasteiger partial charge in [0.1, 0.15) is 18.0 Å². The highest BCUT2D eigenvalue weighted by Crippen LogP contribution is 2.25. The molecule has 2 heterocycles. The van der Waals surface area contributed by atoms with Crippen LogP contribution in [0, 0.1) is 6.92 Å². The summed E-state index contributed by atoms with van der Waals surface area (Å²) in [5.41, 5.74) is 2.78. The summed E-state index contributed by atoms with van der Waals surface area (Å²) in [5, 5.41) is 0. The van der Waals surface area contributed by atoms with Crippen LogP contribution < -0.4 is 10.3 Å². The zero-order valence-corrected chi connectivity index (χ0v) is 16.6. The summed E-state index contributed by atoms with van der Waals surface area (Å²) in [4.78, 5) is 28.5. The van der Waals surface area contributed by atoms with E-state index in [1.54, 1.807) is 18.3 Å². The monoisotopic (exact) mass is 380 g/mol. The minimum atomic E-state index is -0.521. The van der Waals surface area contributed by atoms with Gasteiger partial charge in [0.15, 0.2) is 6.61 Å². The molecule has 3 rings (SSSR count). The number of carbonyl (C=O) groups excluding carboxylic acids is 1. The number of nitrogens with zero attached hydrogens (tertiary/aromatic N) is 2. The van der Waals surface area contributed by atoms with Crippen LogP contribution in [0.5, 0.6) is 5.75 Å². The molecular formula is C22H24N2O4. The zero-order valence-electron chi connectivity index (χ0n) is 16.6. The second kappa shape index (κ2) is 7.84. The standard InChI is InChI=1S/C22H24N2O4/c1-15-8-9-19-23-17(11-20(25)24(19)12-15)13-28-21(26)14-27-18-7-5-6-16(10-18)22(2,3)4/h5-12H,13-14H2,1-4H3. The van der Waals surface area contributed by atoms with Gasteiger partial charge in [0.2, 0.25) is 0 Å². The lowest BCUT2D eigenvalue weighted by molar-refractivity contribution is -0.147. The minimum absolute atomic E-state index is 0.00573. The topological polar surface area (TPSA) is 69.9 Å². The van der Waals surface area contributed by atoms with Gasteiger partial charge in [-0.15, -0.1) is 0 Å². The fourth-order valence-corrected chi connectivity index (χ4v) is 2.72. The Bertz CT molecular complexity index is 1060. The molecule has 0 radical (unpaired) electrons. The number of fused-ring (bicyclic) bond motifs is 1. The van der Waals surface area contributed by atoms with Crippen molar-refractivity contribution in [3.8, 4) is 5.75 Å². The highest BCUT2D eigenvalue weighted by atomic mass is 16.6. The molecule has 28 heavy (non-hydrogen) atoms. The number of rotatable bonds is 5. The number of hydrogen-bond acceptors (Lipinski definition) is 5. The first-order valence-electron chi connectivity index (χ1n) is 9.10. The first-order valence-corrected chi connectivity index (χ1v) is 9.10. The third-order valence-electron chi connectivity index (χ3n) is 4.30. The molecule has 0 aliphatic rings. The Kier molecular flexibility index (Phi) is 5.49. The van der Waals surface area contributed by atoms with E-state index in [2.05, 4.69) is 25.8 Å². The van der Waals surface area contributed by atoms with Crippen LogP contribution in [0.3, 0.4) is 0 Å². The van der Waals surface area contributed by atoms with E-state index in [0.29, 0.717) is 17.1 Å². The van der Waals surface area contributed by atoms with Crippen LogP contribution in [0.15, 0.2) is 53.5 Å². The van der Waals surface area contributed by atoms with Crippen LogP contribution in [0.1, 0.15) is 37.6 Å². The minimum Gasteiger partial charge on any atom is -0.482 e. The number of hydrogen-bond donors (Lipinski definition) is 0. The molecule has 0 saturated carbocycles. The van der Waals surface area contributed by atoms with Crippen LogP contribution in [0.4, 0.5) is 0 Å². The van der Waals surface area contributed by atoms with Crippen molar-refractivity contribution in [1.29, 1.82) is 0 Å². The Morgan fingerprint density at radius 2 is 1.93 bits per heavy atom. The smallest absolute Gasteiger partial charge is 0.344 e. The second-order valence-electron chi connectivity index (χ2n) is 7.75. The molecule has 146 valence electrons. The molecule has 0 amide bonds. The van der Waals surface area contributed by atoms with E-state index in [0.717, 1.165) is 11.1 Å². The fourth-order valence-electron chi connectivity index (χ4n) is 2.72. The zero-order chi connectivity index (χ0) is 20.3. The van der Waals surface area contributed by atoms with Crippen LogP contribution >= 0.6 is 0 Å². The number of aryl methyl sites for hydroxylation is 1. The highest BCUT2D eigenvalue weighted by Gasteiger charge is 2.14. The Morgan fingerprint density at radius 3 is 2.68 bits per heavy atom. The fraction of sp³-hybridized carbons (Fsp3) is 0.318. The maximum absolute atomic E-state index is 12.2. The SMILES string of the molecule is Cc1ccc2nc(COC(=O)COc3cccc(C(C)(C)C)c3)cc(=O)n2c1. The molecule has 6 nitrogen and oxygen atoms in total. The third-order valence-corrected chi connectivity index (χ3v) is 4.30. The lowest BCUT2D eigenvalue weighted by atomic mass is 9.87. The lowest BCUT2D eigenvalue weighted by Crippen LogP contribution is -2.19. The molecule has 2 aromatic heterocycles.